The maximum atomic E-state index is 13.8. The molecule has 0 fully saturated rings. The maximum Gasteiger partial charge on any atom is 0.167 e. The van der Waals surface area contributed by atoms with E-state index in [2.05, 4.69) is 4.98 Å². The molecule has 0 atom stereocenters. The average molecular weight is 282 g/mol. The fourth-order valence-corrected chi connectivity index (χ4v) is 2.59. The number of hydrogen-bond acceptors (Lipinski definition) is 3. The summed E-state index contributed by atoms with van der Waals surface area (Å²) in [5, 5.41) is 1.29. The van der Waals surface area contributed by atoms with E-state index in [-0.39, 0.29) is 5.75 Å². The normalized spacial score (nSPS) is 14.5. The van der Waals surface area contributed by atoms with Crippen LogP contribution in [0.2, 0.25) is 5.02 Å². The first-order chi connectivity index (χ1) is 9.20. The zero-order valence-corrected chi connectivity index (χ0v) is 11.3. The molecule has 3 rings (SSSR count). The molecular formula is C14H13ClFNO2. The second kappa shape index (κ2) is 4.94. The highest BCUT2D eigenvalue weighted by atomic mass is 35.5. The van der Waals surface area contributed by atoms with E-state index < -0.39 is 5.82 Å². The molecule has 0 aliphatic carbocycles. The van der Waals surface area contributed by atoms with Crippen molar-refractivity contribution < 1.29 is 13.9 Å². The summed E-state index contributed by atoms with van der Waals surface area (Å²) >= 11 is 6.39. The molecule has 0 saturated heterocycles. The second-order valence-electron chi connectivity index (χ2n) is 4.39. The van der Waals surface area contributed by atoms with Gasteiger partial charge in [-0.3, -0.25) is 4.98 Å². The number of ether oxygens (including phenoxy) is 2. The Hall–Kier alpha value is -1.39. The molecule has 2 heterocycles. The van der Waals surface area contributed by atoms with E-state index >= 15 is 0 Å². The molecule has 0 unspecified atom stereocenters. The molecule has 3 nitrogen and oxygen atoms in total. The molecule has 2 aromatic rings. The van der Waals surface area contributed by atoms with Crippen molar-refractivity contribution in [1.82, 2.24) is 4.98 Å². The zero-order valence-electron chi connectivity index (χ0n) is 10.5. The number of nitrogens with zero attached hydrogens (tertiary/aromatic N) is 1. The summed E-state index contributed by atoms with van der Waals surface area (Å²) in [6.45, 7) is 3.30. The molecule has 0 radical (unpaired) electrons. The SMILES string of the molecule is CCOc1cc2c(Cl)c3c(nc2cc1F)CCOC3. The molecule has 0 saturated carbocycles. The molecule has 5 heteroatoms. The fourth-order valence-electron chi connectivity index (χ4n) is 2.28. The van der Waals surface area contributed by atoms with Gasteiger partial charge < -0.3 is 9.47 Å². The van der Waals surface area contributed by atoms with Crippen LogP contribution in [0.4, 0.5) is 4.39 Å². The van der Waals surface area contributed by atoms with Gasteiger partial charge in [-0.15, -0.1) is 0 Å². The van der Waals surface area contributed by atoms with Crippen LogP contribution < -0.4 is 4.74 Å². The number of aromatic nitrogens is 1. The highest BCUT2D eigenvalue weighted by Crippen LogP contribution is 2.34. The molecule has 100 valence electrons. The largest absolute Gasteiger partial charge is 0.491 e. The van der Waals surface area contributed by atoms with Crippen LogP contribution in [-0.4, -0.2) is 18.2 Å². The van der Waals surface area contributed by atoms with Crippen molar-refractivity contribution in [1.29, 1.82) is 0 Å². The van der Waals surface area contributed by atoms with E-state index in [0.717, 1.165) is 11.3 Å². The highest BCUT2D eigenvalue weighted by Gasteiger charge is 2.19. The first-order valence-corrected chi connectivity index (χ1v) is 6.59. The number of fused-ring (bicyclic) bond motifs is 2. The lowest BCUT2D eigenvalue weighted by atomic mass is 10.1. The first-order valence-electron chi connectivity index (χ1n) is 6.21. The van der Waals surface area contributed by atoms with Gasteiger partial charge in [0.15, 0.2) is 11.6 Å². The molecule has 1 aromatic heterocycles. The van der Waals surface area contributed by atoms with Crippen LogP contribution in [-0.2, 0) is 17.8 Å². The number of hydrogen-bond donors (Lipinski definition) is 0. The lowest BCUT2D eigenvalue weighted by Crippen LogP contribution is -2.12. The Bertz CT molecular complexity index is 645. The summed E-state index contributed by atoms with van der Waals surface area (Å²) < 4.78 is 24.5. The molecule has 19 heavy (non-hydrogen) atoms. The van der Waals surface area contributed by atoms with Gasteiger partial charge in [0, 0.05) is 23.4 Å². The van der Waals surface area contributed by atoms with Crippen LogP contribution in [0.3, 0.4) is 0 Å². The van der Waals surface area contributed by atoms with Crippen LogP contribution in [0.1, 0.15) is 18.2 Å². The number of halogens is 2. The Morgan fingerprint density at radius 3 is 3.11 bits per heavy atom. The van der Waals surface area contributed by atoms with Gasteiger partial charge in [0.2, 0.25) is 0 Å². The molecule has 0 bridgehead atoms. The third kappa shape index (κ3) is 2.15. The average Bonchev–Trinajstić information content (AvgIpc) is 2.41. The second-order valence-corrected chi connectivity index (χ2v) is 4.76. The third-order valence-corrected chi connectivity index (χ3v) is 3.62. The maximum absolute atomic E-state index is 13.8. The van der Waals surface area contributed by atoms with Gasteiger partial charge in [0.1, 0.15) is 0 Å². The lowest BCUT2D eigenvalue weighted by molar-refractivity contribution is 0.109. The summed E-state index contributed by atoms with van der Waals surface area (Å²) in [5.74, 6) is -0.208. The predicted molar refractivity (Wildman–Crippen MR) is 71.2 cm³/mol. The van der Waals surface area contributed by atoms with Crippen LogP contribution in [0.15, 0.2) is 12.1 Å². The predicted octanol–water partition coefficient (Wildman–Crippen LogP) is 3.50. The molecule has 0 N–H and O–H groups in total. The van der Waals surface area contributed by atoms with Gasteiger partial charge in [0.25, 0.3) is 0 Å². The van der Waals surface area contributed by atoms with Gasteiger partial charge in [-0.05, 0) is 13.0 Å². The minimum Gasteiger partial charge on any atom is -0.491 e. The monoisotopic (exact) mass is 281 g/mol. The number of pyridine rings is 1. The van der Waals surface area contributed by atoms with Crippen molar-refractivity contribution in [2.24, 2.45) is 0 Å². The molecular weight excluding hydrogens is 269 g/mol. The quantitative estimate of drug-likeness (QED) is 0.844. The van der Waals surface area contributed by atoms with Gasteiger partial charge in [-0.2, -0.15) is 0 Å². The van der Waals surface area contributed by atoms with Gasteiger partial charge in [-0.25, -0.2) is 4.39 Å². The van der Waals surface area contributed by atoms with E-state index in [1.165, 1.54) is 6.07 Å². The van der Waals surface area contributed by atoms with E-state index in [1.54, 1.807) is 6.07 Å². The summed E-state index contributed by atoms with van der Waals surface area (Å²) in [7, 11) is 0. The summed E-state index contributed by atoms with van der Waals surface area (Å²) in [4.78, 5) is 4.48. The van der Waals surface area contributed by atoms with Crippen molar-refractivity contribution in [3.05, 3.63) is 34.2 Å². The van der Waals surface area contributed by atoms with Crippen molar-refractivity contribution >= 4 is 22.5 Å². The van der Waals surface area contributed by atoms with E-state index in [4.69, 9.17) is 21.1 Å². The Morgan fingerprint density at radius 2 is 2.32 bits per heavy atom. The highest BCUT2D eigenvalue weighted by molar-refractivity contribution is 6.36. The lowest BCUT2D eigenvalue weighted by Gasteiger charge is -2.18. The van der Waals surface area contributed by atoms with Crippen LogP contribution >= 0.6 is 11.6 Å². The molecule has 1 aliphatic heterocycles. The Labute approximate surface area is 115 Å². The zero-order chi connectivity index (χ0) is 13.4. The fraction of sp³-hybridized carbons (Fsp3) is 0.357. The summed E-state index contributed by atoms with van der Waals surface area (Å²) in [5.41, 5.74) is 2.35. The van der Waals surface area contributed by atoms with Gasteiger partial charge in [0.05, 0.1) is 36.1 Å². The Morgan fingerprint density at radius 1 is 1.47 bits per heavy atom. The minimum atomic E-state index is -0.412. The standard InChI is InChI=1S/C14H13ClFNO2/c1-2-19-13-5-8-12(6-10(13)16)17-11-3-4-18-7-9(11)14(8)15/h5-6H,2-4,7H2,1H3. The Balaban J connectivity index is 2.24. The van der Waals surface area contributed by atoms with E-state index in [9.17, 15) is 4.39 Å². The van der Waals surface area contributed by atoms with Crippen LogP contribution in [0.5, 0.6) is 5.75 Å². The van der Waals surface area contributed by atoms with Crippen molar-refractivity contribution in [3.8, 4) is 5.75 Å². The first kappa shape index (κ1) is 12.6. The Kier molecular flexibility index (Phi) is 3.29. The smallest absolute Gasteiger partial charge is 0.167 e. The topological polar surface area (TPSA) is 31.4 Å². The van der Waals surface area contributed by atoms with Crippen molar-refractivity contribution in [3.63, 3.8) is 0 Å². The number of benzene rings is 1. The molecule has 1 aliphatic rings. The number of rotatable bonds is 2. The van der Waals surface area contributed by atoms with E-state index in [1.807, 2.05) is 6.92 Å². The van der Waals surface area contributed by atoms with Gasteiger partial charge in [-0.1, -0.05) is 11.6 Å². The van der Waals surface area contributed by atoms with Crippen LogP contribution in [0, 0.1) is 5.82 Å². The summed E-state index contributed by atoms with van der Waals surface area (Å²) in [6.07, 6.45) is 0.708. The van der Waals surface area contributed by atoms with Gasteiger partial charge >= 0.3 is 0 Å². The van der Waals surface area contributed by atoms with Crippen LogP contribution in [0.25, 0.3) is 10.9 Å². The third-order valence-electron chi connectivity index (χ3n) is 3.18. The molecule has 1 aromatic carbocycles. The molecule has 0 amide bonds. The summed E-state index contributed by atoms with van der Waals surface area (Å²) in [6, 6.07) is 2.99. The molecule has 0 spiro atoms. The minimum absolute atomic E-state index is 0.204. The van der Waals surface area contributed by atoms with Crippen molar-refractivity contribution in [2.45, 2.75) is 20.0 Å². The van der Waals surface area contributed by atoms with Crippen molar-refractivity contribution in [2.75, 3.05) is 13.2 Å². The van der Waals surface area contributed by atoms with E-state index in [0.29, 0.717) is 42.2 Å².